The van der Waals surface area contributed by atoms with Crippen LogP contribution in [0.25, 0.3) is 0 Å². The summed E-state index contributed by atoms with van der Waals surface area (Å²) in [5, 5.41) is 1.97. The first-order valence-corrected chi connectivity index (χ1v) is 8.42. The minimum absolute atomic E-state index is 0.124. The number of aromatic nitrogens is 1. The second-order valence-corrected chi connectivity index (χ2v) is 6.44. The van der Waals surface area contributed by atoms with Gasteiger partial charge in [-0.2, -0.15) is 0 Å². The number of nitrogens with zero attached hydrogens (tertiary/aromatic N) is 1. The number of alkyl halides is 1. The van der Waals surface area contributed by atoms with Crippen LogP contribution < -0.4 is 0 Å². The van der Waals surface area contributed by atoms with E-state index in [0.29, 0.717) is 6.61 Å². The Morgan fingerprint density at radius 2 is 2.50 bits per heavy atom. The van der Waals surface area contributed by atoms with Crippen LogP contribution in [0, 0.1) is 5.41 Å². The maximum absolute atomic E-state index is 12.2. The molecule has 4 rings (SSSR count). The number of rotatable bonds is 4. The summed E-state index contributed by atoms with van der Waals surface area (Å²) in [6.45, 7) is 2.26. The number of esters is 1. The van der Waals surface area contributed by atoms with Crippen LogP contribution in [0.5, 0.6) is 0 Å². The van der Waals surface area contributed by atoms with Crippen LogP contribution in [0.15, 0.2) is 10.9 Å². The van der Waals surface area contributed by atoms with E-state index < -0.39 is 5.41 Å². The number of ether oxygens (including phenoxy) is 2. The van der Waals surface area contributed by atoms with Gasteiger partial charge in [-0.15, -0.1) is 11.3 Å². The molecule has 1 atom stereocenters. The van der Waals surface area contributed by atoms with Crippen LogP contribution in [-0.2, 0) is 14.3 Å². The van der Waals surface area contributed by atoms with E-state index in [1.807, 2.05) is 12.3 Å². The third-order valence-corrected chi connectivity index (χ3v) is 5.79. The molecule has 0 N–H and O–H groups in total. The lowest BCUT2D eigenvalue weighted by Gasteiger charge is -2.42. The number of fused-ring (bicyclic) bond motifs is 1. The zero-order chi connectivity index (χ0) is 12.8. The van der Waals surface area contributed by atoms with Crippen molar-refractivity contribution in [1.82, 2.24) is 4.98 Å². The van der Waals surface area contributed by atoms with Gasteiger partial charge in [0.25, 0.3) is 0 Å². The Morgan fingerprint density at radius 1 is 1.72 bits per heavy atom. The second-order valence-electron chi connectivity index (χ2n) is 4.96. The molecule has 1 aliphatic carbocycles. The first-order chi connectivity index (χ1) is 8.66. The van der Waals surface area contributed by atoms with Crippen molar-refractivity contribution >= 4 is 39.9 Å². The van der Waals surface area contributed by atoms with Gasteiger partial charge < -0.3 is 9.47 Å². The van der Waals surface area contributed by atoms with E-state index in [-0.39, 0.29) is 17.7 Å². The van der Waals surface area contributed by atoms with Crippen molar-refractivity contribution in [3.63, 3.8) is 0 Å². The van der Waals surface area contributed by atoms with Crippen LogP contribution in [0.4, 0.5) is 0 Å². The van der Waals surface area contributed by atoms with Crippen LogP contribution in [0.1, 0.15) is 31.6 Å². The quantitative estimate of drug-likeness (QED) is 0.459. The molecule has 0 aromatic carbocycles. The zero-order valence-electron chi connectivity index (χ0n) is 10.0. The van der Waals surface area contributed by atoms with Crippen LogP contribution in [-0.4, -0.2) is 27.6 Å². The third kappa shape index (κ3) is 1.65. The van der Waals surface area contributed by atoms with Crippen molar-refractivity contribution in [2.24, 2.45) is 5.41 Å². The number of carbonyl (C=O) groups is 1. The summed E-state index contributed by atoms with van der Waals surface area (Å²) in [6.07, 6.45) is 1.31. The monoisotopic (exact) mass is 379 g/mol. The molecule has 3 fully saturated rings. The lowest BCUT2D eigenvalue weighted by molar-refractivity contribution is -0.161. The smallest absolute Gasteiger partial charge is 0.315 e. The van der Waals surface area contributed by atoms with Crippen molar-refractivity contribution < 1.29 is 14.3 Å². The molecular weight excluding hydrogens is 365 g/mol. The van der Waals surface area contributed by atoms with E-state index in [4.69, 9.17) is 9.47 Å². The van der Waals surface area contributed by atoms with Crippen molar-refractivity contribution in [3.05, 3.63) is 16.6 Å². The Labute approximate surface area is 123 Å². The van der Waals surface area contributed by atoms with E-state index >= 15 is 0 Å². The van der Waals surface area contributed by atoms with Gasteiger partial charge in [0.15, 0.2) is 0 Å². The number of hydrogen-bond donors (Lipinski definition) is 0. The SMILES string of the molecule is CCOC(=O)C12CC(CI)(C1)OC2c1cscn1. The number of halogens is 1. The topological polar surface area (TPSA) is 48.4 Å². The van der Waals surface area contributed by atoms with Gasteiger partial charge in [0.2, 0.25) is 0 Å². The largest absolute Gasteiger partial charge is 0.465 e. The lowest BCUT2D eigenvalue weighted by Crippen LogP contribution is -2.50. The molecule has 1 unspecified atom stereocenters. The van der Waals surface area contributed by atoms with Gasteiger partial charge in [0.1, 0.15) is 11.5 Å². The average Bonchev–Trinajstić information content (AvgIpc) is 3.00. The minimum atomic E-state index is -0.491. The highest BCUT2D eigenvalue weighted by Crippen LogP contribution is 2.68. The van der Waals surface area contributed by atoms with Gasteiger partial charge in [-0.25, -0.2) is 4.98 Å². The Morgan fingerprint density at radius 3 is 3.06 bits per heavy atom. The predicted molar refractivity (Wildman–Crippen MR) is 75.9 cm³/mol. The average molecular weight is 379 g/mol. The lowest BCUT2D eigenvalue weighted by atomic mass is 9.60. The second kappa shape index (κ2) is 4.42. The maximum Gasteiger partial charge on any atom is 0.315 e. The molecule has 0 radical (unpaired) electrons. The Kier molecular flexibility index (Phi) is 3.14. The molecule has 2 aliphatic heterocycles. The summed E-state index contributed by atoms with van der Waals surface area (Å²) in [6, 6.07) is 0. The summed E-state index contributed by atoms with van der Waals surface area (Å²) < 4.78 is 12.3. The molecule has 18 heavy (non-hydrogen) atoms. The van der Waals surface area contributed by atoms with Gasteiger partial charge in [-0.1, -0.05) is 22.6 Å². The molecule has 1 aromatic rings. The number of carbonyl (C=O) groups excluding carboxylic acids is 1. The van der Waals surface area contributed by atoms with E-state index in [1.165, 1.54) is 11.3 Å². The molecular formula is C12H14INO3S. The van der Waals surface area contributed by atoms with E-state index in [9.17, 15) is 4.79 Å². The molecule has 98 valence electrons. The molecule has 6 heteroatoms. The fourth-order valence-electron chi connectivity index (χ4n) is 3.08. The highest BCUT2D eigenvalue weighted by Gasteiger charge is 2.72. The van der Waals surface area contributed by atoms with Crippen LogP contribution >= 0.6 is 33.9 Å². The summed E-state index contributed by atoms with van der Waals surface area (Å²) >= 11 is 3.86. The molecule has 0 amide bonds. The zero-order valence-corrected chi connectivity index (χ0v) is 13.0. The Bertz CT molecular complexity index is 456. The summed E-state index contributed by atoms with van der Waals surface area (Å²) in [4.78, 5) is 16.6. The van der Waals surface area contributed by atoms with Crippen molar-refractivity contribution in [2.75, 3.05) is 11.0 Å². The van der Waals surface area contributed by atoms with Gasteiger partial charge in [-0.3, -0.25) is 4.79 Å². The molecule has 1 aromatic heterocycles. The third-order valence-electron chi connectivity index (χ3n) is 3.79. The van der Waals surface area contributed by atoms with Crippen molar-refractivity contribution in [2.45, 2.75) is 31.5 Å². The molecule has 3 heterocycles. The maximum atomic E-state index is 12.2. The molecule has 4 nitrogen and oxygen atoms in total. The summed E-state index contributed by atoms with van der Waals surface area (Å²) in [7, 11) is 0. The van der Waals surface area contributed by atoms with Crippen LogP contribution in [0.2, 0.25) is 0 Å². The van der Waals surface area contributed by atoms with Crippen molar-refractivity contribution in [1.29, 1.82) is 0 Å². The Hall–Kier alpha value is -0.210. The van der Waals surface area contributed by atoms with Gasteiger partial charge >= 0.3 is 5.97 Å². The first-order valence-electron chi connectivity index (χ1n) is 5.95. The molecule has 0 spiro atoms. The van der Waals surface area contributed by atoms with Gasteiger partial charge in [0.05, 0.1) is 23.4 Å². The van der Waals surface area contributed by atoms with E-state index in [0.717, 1.165) is 23.0 Å². The van der Waals surface area contributed by atoms with Crippen molar-refractivity contribution in [3.8, 4) is 0 Å². The number of thiazole rings is 1. The molecule has 3 aliphatic rings. The first kappa shape index (κ1) is 12.8. The fourth-order valence-corrected chi connectivity index (χ4v) is 4.36. The number of hydrogen-bond acceptors (Lipinski definition) is 5. The normalized spacial score (nSPS) is 37.3. The van der Waals surface area contributed by atoms with Crippen LogP contribution in [0.3, 0.4) is 0 Å². The summed E-state index contributed by atoms with van der Waals surface area (Å²) in [5.74, 6) is -0.124. The minimum Gasteiger partial charge on any atom is -0.465 e. The molecule has 1 saturated carbocycles. The van der Waals surface area contributed by atoms with Gasteiger partial charge in [0, 0.05) is 9.81 Å². The van der Waals surface area contributed by atoms with Gasteiger partial charge in [-0.05, 0) is 19.8 Å². The van der Waals surface area contributed by atoms with E-state index in [2.05, 4.69) is 27.6 Å². The highest BCUT2D eigenvalue weighted by molar-refractivity contribution is 14.1. The Balaban J connectivity index is 1.91. The standard InChI is InChI=1S/C12H14INO3S/c1-2-16-10(15)12-4-11(5-12,6-13)17-9(12)8-3-18-7-14-8/h3,7,9H,2,4-6H2,1H3. The molecule has 2 bridgehead atoms. The van der Waals surface area contributed by atoms with E-state index in [1.54, 1.807) is 5.51 Å². The predicted octanol–water partition coefficient (Wildman–Crippen LogP) is 2.73. The summed E-state index contributed by atoms with van der Waals surface area (Å²) in [5.41, 5.74) is 2.03. The fraction of sp³-hybridized carbons (Fsp3) is 0.667. The highest BCUT2D eigenvalue weighted by atomic mass is 127. The molecule has 2 saturated heterocycles.